The van der Waals surface area contributed by atoms with Crippen LogP contribution in [-0.2, 0) is 5.41 Å². The van der Waals surface area contributed by atoms with Crippen molar-refractivity contribution in [3.63, 3.8) is 0 Å². The Hall–Kier alpha value is -7.42. The largest absolute Gasteiger partial charge is 0.310 e. The molecule has 0 amide bonds. The number of aromatic nitrogens is 1. The molecular formula is C55H36N2. The van der Waals surface area contributed by atoms with E-state index in [9.17, 15) is 0 Å². The first-order valence-corrected chi connectivity index (χ1v) is 19.8. The Labute approximate surface area is 332 Å². The van der Waals surface area contributed by atoms with Crippen molar-refractivity contribution in [3.8, 4) is 39.1 Å². The summed E-state index contributed by atoms with van der Waals surface area (Å²) < 4.78 is 2.42. The molecule has 57 heavy (non-hydrogen) atoms. The molecule has 12 rings (SSSR count). The van der Waals surface area contributed by atoms with Crippen LogP contribution < -0.4 is 4.90 Å². The maximum absolute atomic E-state index is 2.48. The zero-order valence-corrected chi connectivity index (χ0v) is 31.2. The van der Waals surface area contributed by atoms with Crippen LogP contribution in [0.3, 0.4) is 0 Å². The number of anilines is 3. The molecular weight excluding hydrogens is 689 g/mol. The van der Waals surface area contributed by atoms with Gasteiger partial charge in [0.25, 0.3) is 0 Å². The van der Waals surface area contributed by atoms with Gasteiger partial charge in [-0.1, -0.05) is 164 Å². The van der Waals surface area contributed by atoms with Crippen LogP contribution in [0.25, 0.3) is 60.9 Å². The van der Waals surface area contributed by atoms with Gasteiger partial charge >= 0.3 is 0 Å². The molecule has 10 aromatic rings. The van der Waals surface area contributed by atoms with Crippen molar-refractivity contribution in [3.05, 3.63) is 241 Å². The number of benzene rings is 9. The molecule has 0 aliphatic heterocycles. The van der Waals surface area contributed by atoms with Crippen LogP contribution in [0.2, 0.25) is 0 Å². The normalized spacial score (nSPS) is 13.1. The van der Waals surface area contributed by atoms with E-state index in [1.54, 1.807) is 0 Å². The fourth-order valence-electron chi connectivity index (χ4n) is 10.1. The molecule has 2 aliphatic carbocycles. The van der Waals surface area contributed by atoms with Gasteiger partial charge in [-0.15, -0.1) is 0 Å². The first-order chi connectivity index (χ1) is 28.3. The molecule has 1 spiro atoms. The zero-order valence-electron chi connectivity index (χ0n) is 31.2. The van der Waals surface area contributed by atoms with Gasteiger partial charge in [0.2, 0.25) is 0 Å². The van der Waals surface area contributed by atoms with Crippen molar-refractivity contribution in [2.45, 2.75) is 5.41 Å². The number of nitrogens with zero attached hydrogens (tertiary/aromatic N) is 2. The topological polar surface area (TPSA) is 8.17 Å². The minimum atomic E-state index is -0.417. The van der Waals surface area contributed by atoms with E-state index < -0.39 is 5.41 Å². The van der Waals surface area contributed by atoms with Gasteiger partial charge < -0.3 is 9.47 Å². The van der Waals surface area contributed by atoms with Gasteiger partial charge in [-0.25, -0.2) is 0 Å². The summed E-state index contributed by atoms with van der Waals surface area (Å²) in [6.45, 7) is 0. The lowest BCUT2D eigenvalue weighted by Gasteiger charge is -2.32. The smallest absolute Gasteiger partial charge is 0.0726 e. The van der Waals surface area contributed by atoms with E-state index in [0.717, 1.165) is 22.7 Å². The summed E-state index contributed by atoms with van der Waals surface area (Å²) in [5, 5.41) is 2.48. The van der Waals surface area contributed by atoms with Gasteiger partial charge in [-0.05, 0) is 110 Å². The Kier molecular flexibility index (Phi) is 6.88. The Morgan fingerprint density at radius 1 is 0.316 bits per heavy atom. The van der Waals surface area contributed by atoms with E-state index in [-0.39, 0.29) is 0 Å². The second kappa shape index (κ2) is 12.3. The quantitative estimate of drug-likeness (QED) is 0.172. The van der Waals surface area contributed by atoms with Crippen LogP contribution in [-0.4, -0.2) is 4.57 Å². The molecule has 0 N–H and O–H groups in total. The van der Waals surface area contributed by atoms with Crippen LogP contribution in [0.5, 0.6) is 0 Å². The molecule has 0 unspecified atom stereocenters. The number of hydrogen-bond acceptors (Lipinski definition) is 1. The van der Waals surface area contributed by atoms with Crippen molar-refractivity contribution in [1.29, 1.82) is 0 Å². The Balaban J connectivity index is 1.08. The molecule has 0 saturated carbocycles. The van der Waals surface area contributed by atoms with Gasteiger partial charge in [0.1, 0.15) is 0 Å². The van der Waals surface area contributed by atoms with E-state index in [2.05, 4.69) is 228 Å². The molecule has 1 aromatic heterocycles. The summed E-state index contributed by atoms with van der Waals surface area (Å²) in [6.07, 6.45) is 0. The molecule has 0 atom stereocenters. The molecule has 1 heterocycles. The SMILES string of the molecule is c1ccc(-c2ccc(-n3c4ccccc4c4ccc(N(c5ccccc5)c5ccc6c(c5)C5(c7ccccc7-c7ccccc75)c5ccccc5-6)cc43)cc2)cc1. The average Bonchev–Trinajstić information content (AvgIpc) is 3.89. The highest BCUT2D eigenvalue weighted by Crippen LogP contribution is 2.63. The third-order valence-electron chi connectivity index (χ3n) is 12.4. The summed E-state index contributed by atoms with van der Waals surface area (Å²) in [4.78, 5) is 2.43. The molecule has 0 radical (unpaired) electrons. The highest BCUT2D eigenvalue weighted by atomic mass is 15.1. The van der Waals surface area contributed by atoms with Crippen molar-refractivity contribution in [1.82, 2.24) is 4.57 Å². The van der Waals surface area contributed by atoms with Crippen molar-refractivity contribution >= 4 is 38.9 Å². The predicted octanol–water partition coefficient (Wildman–Crippen LogP) is 14.3. The number of hydrogen-bond donors (Lipinski definition) is 0. The third kappa shape index (κ3) is 4.53. The Bertz CT molecular complexity index is 3110. The molecule has 0 bridgehead atoms. The fraction of sp³-hybridized carbons (Fsp3) is 0.0182. The zero-order chi connectivity index (χ0) is 37.5. The van der Waals surface area contributed by atoms with Gasteiger partial charge in [0.05, 0.1) is 16.4 Å². The van der Waals surface area contributed by atoms with Crippen molar-refractivity contribution in [2.75, 3.05) is 4.90 Å². The van der Waals surface area contributed by atoms with E-state index in [0.29, 0.717) is 0 Å². The van der Waals surface area contributed by atoms with Crippen molar-refractivity contribution < 1.29 is 0 Å². The van der Waals surface area contributed by atoms with Crippen LogP contribution in [0, 0.1) is 0 Å². The molecule has 0 saturated heterocycles. The second-order valence-corrected chi connectivity index (χ2v) is 15.3. The lowest BCUT2D eigenvalue weighted by molar-refractivity contribution is 0.793. The molecule has 2 aliphatic rings. The molecule has 266 valence electrons. The average molecular weight is 725 g/mol. The van der Waals surface area contributed by atoms with Crippen LogP contribution >= 0.6 is 0 Å². The first kappa shape index (κ1) is 31.9. The minimum absolute atomic E-state index is 0.417. The Morgan fingerprint density at radius 3 is 1.47 bits per heavy atom. The predicted molar refractivity (Wildman–Crippen MR) is 237 cm³/mol. The summed E-state index contributed by atoms with van der Waals surface area (Å²) in [5.41, 5.74) is 19.5. The van der Waals surface area contributed by atoms with E-state index in [4.69, 9.17) is 0 Å². The summed E-state index contributed by atoms with van der Waals surface area (Å²) in [5.74, 6) is 0. The summed E-state index contributed by atoms with van der Waals surface area (Å²) >= 11 is 0. The minimum Gasteiger partial charge on any atom is -0.310 e. The highest BCUT2D eigenvalue weighted by Gasteiger charge is 2.51. The monoisotopic (exact) mass is 724 g/mol. The van der Waals surface area contributed by atoms with E-state index in [1.807, 2.05) is 0 Å². The lowest BCUT2D eigenvalue weighted by Crippen LogP contribution is -2.26. The first-order valence-electron chi connectivity index (χ1n) is 19.8. The van der Waals surface area contributed by atoms with Gasteiger partial charge in [0, 0.05) is 33.5 Å². The van der Waals surface area contributed by atoms with Gasteiger partial charge in [-0.3, -0.25) is 0 Å². The maximum atomic E-state index is 2.48. The summed E-state index contributed by atoms with van der Waals surface area (Å²) in [7, 11) is 0. The molecule has 0 fully saturated rings. The molecule has 2 nitrogen and oxygen atoms in total. The molecule has 2 heteroatoms. The Morgan fingerprint density at radius 2 is 0.807 bits per heavy atom. The van der Waals surface area contributed by atoms with E-state index >= 15 is 0 Å². The van der Waals surface area contributed by atoms with E-state index in [1.165, 1.54) is 77.4 Å². The highest BCUT2D eigenvalue weighted by molar-refractivity contribution is 6.10. The third-order valence-corrected chi connectivity index (χ3v) is 12.4. The van der Waals surface area contributed by atoms with Crippen molar-refractivity contribution in [2.24, 2.45) is 0 Å². The number of rotatable bonds is 5. The second-order valence-electron chi connectivity index (χ2n) is 15.3. The number of para-hydroxylation sites is 2. The summed E-state index contributed by atoms with van der Waals surface area (Å²) in [6, 6.07) is 80.4. The van der Waals surface area contributed by atoms with Crippen LogP contribution in [0.4, 0.5) is 17.1 Å². The van der Waals surface area contributed by atoms with Crippen LogP contribution in [0.15, 0.2) is 218 Å². The fourth-order valence-corrected chi connectivity index (χ4v) is 10.1. The number of fused-ring (bicyclic) bond motifs is 13. The van der Waals surface area contributed by atoms with Gasteiger partial charge in [0.15, 0.2) is 0 Å². The van der Waals surface area contributed by atoms with Crippen LogP contribution in [0.1, 0.15) is 22.3 Å². The molecule has 9 aromatic carbocycles. The maximum Gasteiger partial charge on any atom is 0.0726 e. The standard InChI is InChI=1S/C55H36N2/c1-3-15-37(16-4-1)38-27-29-40(30-28-38)57-53-26-14-10-22-47(53)48-34-32-42(36-54(48)57)56(39-17-5-2-6-18-39)41-31-33-46-45-21-9-13-25-51(45)55(52(46)35-41)49-23-11-7-19-43(49)44-20-8-12-24-50(44)55/h1-36H. The lowest BCUT2D eigenvalue weighted by atomic mass is 9.70. The van der Waals surface area contributed by atoms with Gasteiger partial charge in [-0.2, -0.15) is 0 Å².